The third-order valence-corrected chi connectivity index (χ3v) is 7.09. The first-order valence-electron chi connectivity index (χ1n) is 11.4. The Morgan fingerprint density at radius 1 is 1.33 bits per heavy atom. The van der Waals surface area contributed by atoms with E-state index in [4.69, 9.17) is 21.1 Å². The first kappa shape index (κ1) is 20.6. The summed E-state index contributed by atoms with van der Waals surface area (Å²) in [5.74, 6) is 0.906. The molecule has 1 saturated heterocycles. The molecular formula is C25H25ClN4O3. The molecule has 1 aliphatic carbocycles. The van der Waals surface area contributed by atoms with Crippen LogP contribution in [0.3, 0.4) is 0 Å². The number of H-pyrrole nitrogens is 1. The lowest BCUT2D eigenvalue weighted by molar-refractivity contribution is -0.0720. The number of hydrogen-bond donors (Lipinski definition) is 3. The molecule has 0 bridgehead atoms. The third kappa shape index (κ3) is 3.56. The van der Waals surface area contributed by atoms with E-state index in [0.29, 0.717) is 28.9 Å². The van der Waals surface area contributed by atoms with Crippen molar-refractivity contribution in [2.75, 3.05) is 18.5 Å². The Labute approximate surface area is 196 Å². The van der Waals surface area contributed by atoms with Crippen LogP contribution >= 0.6 is 11.6 Å². The molecule has 170 valence electrons. The van der Waals surface area contributed by atoms with Crippen LogP contribution in [0, 0.1) is 0 Å². The van der Waals surface area contributed by atoms with Crippen LogP contribution in [0.15, 0.2) is 36.7 Å². The highest BCUT2D eigenvalue weighted by Gasteiger charge is 2.48. The minimum absolute atomic E-state index is 0.0618. The molecule has 3 aromatic rings. The van der Waals surface area contributed by atoms with E-state index in [1.807, 2.05) is 24.3 Å². The molecule has 8 heteroatoms. The lowest BCUT2D eigenvalue weighted by Gasteiger charge is -2.26. The Morgan fingerprint density at radius 3 is 3.00 bits per heavy atom. The number of ether oxygens (including phenoxy) is 2. The van der Waals surface area contributed by atoms with Crippen molar-refractivity contribution in [2.45, 2.75) is 44.2 Å². The summed E-state index contributed by atoms with van der Waals surface area (Å²) in [5.41, 5.74) is 5.94. The third-order valence-electron chi connectivity index (χ3n) is 6.74. The molecule has 0 unspecified atom stereocenters. The maximum absolute atomic E-state index is 13.1. The number of anilines is 2. The normalized spacial score (nSPS) is 22.6. The zero-order valence-electron chi connectivity index (χ0n) is 18.3. The smallest absolute Gasteiger partial charge is 0.255 e. The summed E-state index contributed by atoms with van der Waals surface area (Å²) in [5, 5.41) is 7.37. The summed E-state index contributed by atoms with van der Waals surface area (Å²) in [4.78, 5) is 20.9. The van der Waals surface area contributed by atoms with Gasteiger partial charge in [0, 0.05) is 53.2 Å². The zero-order chi connectivity index (χ0) is 22.5. The van der Waals surface area contributed by atoms with Gasteiger partial charge in [0.1, 0.15) is 12.4 Å². The fourth-order valence-electron chi connectivity index (χ4n) is 4.74. The molecular weight excluding hydrogens is 440 g/mol. The Bertz CT molecular complexity index is 1240. The van der Waals surface area contributed by atoms with Gasteiger partial charge in [0.05, 0.1) is 29.2 Å². The van der Waals surface area contributed by atoms with Crippen molar-refractivity contribution < 1.29 is 14.3 Å². The molecule has 2 fully saturated rings. The molecule has 2 aliphatic heterocycles. The number of amides is 1. The number of rotatable bonds is 7. The quantitative estimate of drug-likeness (QED) is 0.467. The second kappa shape index (κ2) is 8.08. The highest BCUT2D eigenvalue weighted by molar-refractivity contribution is 6.31. The summed E-state index contributed by atoms with van der Waals surface area (Å²) in [6.45, 7) is 3.32. The van der Waals surface area contributed by atoms with Gasteiger partial charge in [-0.2, -0.15) is 0 Å². The van der Waals surface area contributed by atoms with Crippen molar-refractivity contribution in [1.82, 2.24) is 15.3 Å². The van der Waals surface area contributed by atoms with Crippen molar-refractivity contribution >= 4 is 28.9 Å². The largest absolute Gasteiger partial charge is 0.489 e. The van der Waals surface area contributed by atoms with Gasteiger partial charge in [-0.3, -0.25) is 9.78 Å². The van der Waals surface area contributed by atoms with Crippen LogP contribution in [-0.2, 0) is 11.2 Å². The topological polar surface area (TPSA) is 88.3 Å². The minimum atomic E-state index is -0.0618. The zero-order valence-corrected chi connectivity index (χ0v) is 19.0. The van der Waals surface area contributed by atoms with E-state index < -0.39 is 0 Å². The van der Waals surface area contributed by atoms with Crippen LogP contribution < -0.4 is 15.4 Å². The molecule has 3 aliphatic rings. The first-order chi connectivity index (χ1) is 16.1. The summed E-state index contributed by atoms with van der Waals surface area (Å²) >= 11 is 6.48. The monoisotopic (exact) mass is 464 g/mol. The molecule has 4 heterocycles. The lowest BCUT2D eigenvalue weighted by atomic mass is 10.0. The molecule has 1 amide bonds. The average Bonchev–Trinajstić information content (AvgIpc) is 3.45. The summed E-state index contributed by atoms with van der Waals surface area (Å²) in [6, 6.07) is 7.93. The molecule has 6 rings (SSSR count). The number of nitrogens with one attached hydrogen (secondary N) is 3. The highest BCUT2D eigenvalue weighted by Crippen LogP contribution is 2.50. The van der Waals surface area contributed by atoms with Crippen molar-refractivity contribution in [3.05, 3.63) is 58.5 Å². The standard InChI is InChI=1S/C25H25ClN4O3/c1-2-14-17(26)4-3-5-18(14)28-24-21-22(16-10-19(16)29-25(21)31)30-23(24)15-6-8-27-11-20(15)33-12-13-7-9-32-13/h3-6,8,11,13,16,19,28,30H,2,7,9-10,12H2,1H3,(H,29,31)/t13-,16-,19+/m0/s1. The number of benzene rings is 1. The Balaban J connectivity index is 1.46. The SMILES string of the molecule is CCc1c(Cl)cccc1Nc1c(-c2ccncc2OC[C@@H]2CCO2)[nH]c2c1C(=O)N[C@@H]1C[C@H]21. The van der Waals surface area contributed by atoms with Gasteiger partial charge < -0.3 is 25.1 Å². The maximum Gasteiger partial charge on any atom is 0.255 e. The second-order valence-electron chi connectivity index (χ2n) is 8.79. The molecule has 1 saturated carbocycles. The van der Waals surface area contributed by atoms with E-state index in [0.717, 1.165) is 59.8 Å². The molecule has 7 nitrogen and oxygen atoms in total. The van der Waals surface area contributed by atoms with Crippen LogP contribution in [0.1, 0.15) is 47.3 Å². The van der Waals surface area contributed by atoms with Gasteiger partial charge in [-0.05, 0) is 36.6 Å². The number of fused-ring (bicyclic) bond motifs is 3. The minimum Gasteiger partial charge on any atom is -0.489 e. The van der Waals surface area contributed by atoms with Gasteiger partial charge in [-0.25, -0.2) is 0 Å². The van der Waals surface area contributed by atoms with Gasteiger partial charge >= 0.3 is 0 Å². The number of carbonyl (C=O) groups is 1. The predicted molar refractivity (Wildman–Crippen MR) is 127 cm³/mol. The fraction of sp³-hybridized carbons (Fsp3) is 0.360. The van der Waals surface area contributed by atoms with Crippen LogP contribution in [-0.4, -0.2) is 41.2 Å². The number of hydrogen-bond acceptors (Lipinski definition) is 5. The fourth-order valence-corrected chi connectivity index (χ4v) is 5.05. The van der Waals surface area contributed by atoms with Gasteiger partial charge in [-0.15, -0.1) is 0 Å². The van der Waals surface area contributed by atoms with Crippen LogP contribution in [0.2, 0.25) is 5.02 Å². The molecule has 3 N–H and O–H groups in total. The molecule has 0 spiro atoms. The van der Waals surface area contributed by atoms with E-state index in [1.165, 1.54) is 0 Å². The Hall–Kier alpha value is -3.03. The van der Waals surface area contributed by atoms with Crippen LogP contribution in [0.4, 0.5) is 11.4 Å². The van der Waals surface area contributed by atoms with E-state index in [9.17, 15) is 4.79 Å². The Kier molecular flexibility index (Phi) is 5.03. The van der Waals surface area contributed by atoms with E-state index in [-0.39, 0.29) is 18.1 Å². The average molecular weight is 465 g/mol. The number of nitrogens with zero attached hydrogens (tertiary/aromatic N) is 1. The van der Waals surface area contributed by atoms with E-state index in [1.54, 1.807) is 12.4 Å². The lowest BCUT2D eigenvalue weighted by Crippen LogP contribution is -2.32. The highest BCUT2D eigenvalue weighted by atomic mass is 35.5. The van der Waals surface area contributed by atoms with Crippen LogP contribution in [0.5, 0.6) is 5.75 Å². The molecule has 1 aromatic carbocycles. The first-order valence-corrected chi connectivity index (χ1v) is 11.8. The number of pyridine rings is 1. The summed E-state index contributed by atoms with van der Waals surface area (Å²) in [6.07, 6.45) is 6.29. The van der Waals surface area contributed by atoms with Gasteiger partial charge in [0.2, 0.25) is 0 Å². The Morgan fingerprint density at radius 2 is 2.21 bits per heavy atom. The number of carbonyl (C=O) groups excluding carboxylic acids is 1. The molecule has 0 radical (unpaired) electrons. The van der Waals surface area contributed by atoms with Gasteiger partial charge in [0.25, 0.3) is 5.91 Å². The molecule has 33 heavy (non-hydrogen) atoms. The predicted octanol–water partition coefficient (Wildman–Crippen LogP) is 4.80. The van der Waals surface area contributed by atoms with E-state index in [2.05, 4.69) is 27.5 Å². The van der Waals surface area contributed by atoms with Crippen molar-refractivity contribution in [3.8, 4) is 17.0 Å². The van der Waals surface area contributed by atoms with Crippen molar-refractivity contribution in [1.29, 1.82) is 0 Å². The van der Waals surface area contributed by atoms with Gasteiger partial charge in [0.15, 0.2) is 0 Å². The van der Waals surface area contributed by atoms with Crippen molar-refractivity contribution in [3.63, 3.8) is 0 Å². The molecule has 2 aromatic heterocycles. The number of aromatic amines is 1. The summed E-state index contributed by atoms with van der Waals surface area (Å²) in [7, 11) is 0. The second-order valence-corrected chi connectivity index (χ2v) is 9.20. The number of halogens is 1. The number of aromatic nitrogens is 2. The van der Waals surface area contributed by atoms with Crippen molar-refractivity contribution in [2.24, 2.45) is 0 Å². The summed E-state index contributed by atoms with van der Waals surface area (Å²) < 4.78 is 11.6. The van der Waals surface area contributed by atoms with E-state index >= 15 is 0 Å². The maximum atomic E-state index is 13.1. The van der Waals surface area contributed by atoms with Gasteiger partial charge in [-0.1, -0.05) is 24.6 Å². The van der Waals surface area contributed by atoms with Crippen LogP contribution in [0.25, 0.3) is 11.3 Å². The molecule has 3 atom stereocenters.